The summed E-state index contributed by atoms with van der Waals surface area (Å²) in [4.78, 5) is 27.7. The quantitative estimate of drug-likeness (QED) is 0.516. The molecule has 0 aliphatic heterocycles. The molecule has 1 aromatic heterocycles. The van der Waals surface area contributed by atoms with Crippen molar-refractivity contribution < 1.29 is 9.59 Å². The summed E-state index contributed by atoms with van der Waals surface area (Å²) >= 11 is 7.06. The summed E-state index contributed by atoms with van der Waals surface area (Å²) < 4.78 is 0. The van der Waals surface area contributed by atoms with E-state index in [2.05, 4.69) is 25.8 Å². The highest BCUT2D eigenvalue weighted by Gasteiger charge is 2.12. The number of carbonyl (C=O) groups excluding carboxylic acids is 2. The third-order valence-electron chi connectivity index (χ3n) is 3.63. The molecule has 0 fully saturated rings. The van der Waals surface area contributed by atoms with Crippen LogP contribution in [0.5, 0.6) is 0 Å². The number of rotatable bonds is 6. The zero-order chi connectivity index (χ0) is 20.8. The molecule has 0 atom stereocenters. The minimum Gasteiger partial charge on any atom is -0.326 e. The van der Waals surface area contributed by atoms with Crippen molar-refractivity contribution in [3.8, 4) is 17.5 Å². The highest BCUT2D eigenvalue weighted by atomic mass is 35.5. The summed E-state index contributed by atoms with van der Waals surface area (Å²) in [7, 11) is 0. The molecule has 3 N–H and O–H groups in total. The number of benzene rings is 2. The summed E-state index contributed by atoms with van der Waals surface area (Å²) in [6.45, 7) is 1.43. The standard InChI is InChI=1S/C19H15ClN6O2S/c1-11(27)22-15-4-2-3-12(7-15)18-24-19(26-25-18)29-10-17(28)23-16-8-14(20)6-5-13(16)9-21/h2-8H,10H2,1H3,(H,22,27)(H,23,28)(H,24,25,26). The molecule has 0 spiro atoms. The molecule has 0 aliphatic carbocycles. The first-order valence-electron chi connectivity index (χ1n) is 8.37. The van der Waals surface area contributed by atoms with Crippen molar-refractivity contribution in [2.75, 3.05) is 16.4 Å². The topological polar surface area (TPSA) is 124 Å². The Labute approximate surface area is 175 Å². The van der Waals surface area contributed by atoms with Crippen molar-refractivity contribution in [1.82, 2.24) is 15.2 Å². The molecule has 29 heavy (non-hydrogen) atoms. The summed E-state index contributed by atoms with van der Waals surface area (Å²) in [5, 5.41) is 22.2. The number of aromatic nitrogens is 3. The lowest BCUT2D eigenvalue weighted by Gasteiger charge is -2.06. The molecule has 0 bridgehead atoms. The SMILES string of the molecule is CC(=O)Nc1cccc(-c2nc(SCC(=O)Nc3cc(Cl)ccc3C#N)n[nH]2)c1. The van der Waals surface area contributed by atoms with Gasteiger partial charge >= 0.3 is 0 Å². The van der Waals surface area contributed by atoms with E-state index in [0.717, 1.165) is 17.3 Å². The zero-order valence-corrected chi connectivity index (χ0v) is 16.8. The summed E-state index contributed by atoms with van der Waals surface area (Å²) in [6, 6.07) is 13.8. The first-order valence-corrected chi connectivity index (χ1v) is 9.73. The van der Waals surface area contributed by atoms with Crippen LogP contribution in [-0.2, 0) is 9.59 Å². The second-order valence-corrected chi connectivity index (χ2v) is 7.25. The van der Waals surface area contributed by atoms with Crippen LogP contribution in [-0.4, -0.2) is 32.7 Å². The smallest absolute Gasteiger partial charge is 0.234 e. The lowest BCUT2D eigenvalue weighted by Crippen LogP contribution is -2.15. The maximum absolute atomic E-state index is 12.2. The number of H-pyrrole nitrogens is 1. The molecule has 8 nitrogen and oxygen atoms in total. The van der Waals surface area contributed by atoms with Gasteiger partial charge in [0.2, 0.25) is 17.0 Å². The maximum Gasteiger partial charge on any atom is 0.234 e. The summed E-state index contributed by atoms with van der Waals surface area (Å²) in [5.41, 5.74) is 2.08. The highest BCUT2D eigenvalue weighted by molar-refractivity contribution is 7.99. The maximum atomic E-state index is 12.2. The number of thioether (sulfide) groups is 1. The summed E-state index contributed by atoms with van der Waals surface area (Å²) in [5.74, 6) is 0.0939. The van der Waals surface area contributed by atoms with E-state index >= 15 is 0 Å². The third-order valence-corrected chi connectivity index (χ3v) is 4.71. The minimum atomic E-state index is -0.312. The van der Waals surface area contributed by atoms with E-state index in [1.165, 1.54) is 13.0 Å². The van der Waals surface area contributed by atoms with Crippen molar-refractivity contribution >= 4 is 46.6 Å². The first-order chi connectivity index (χ1) is 13.9. The average molecular weight is 427 g/mol. The van der Waals surface area contributed by atoms with E-state index in [1.807, 2.05) is 12.1 Å². The number of carbonyl (C=O) groups is 2. The van der Waals surface area contributed by atoms with E-state index in [0.29, 0.717) is 32.9 Å². The average Bonchev–Trinajstić information content (AvgIpc) is 3.15. The van der Waals surface area contributed by atoms with Crippen LogP contribution in [0.15, 0.2) is 47.6 Å². The van der Waals surface area contributed by atoms with Crippen molar-refractivity contribution in [1.29, 1.82) is 5.26 Å². The molecule has 0 radical (unpaired) electrons. The molecule has 10 heteroatoms. The van der Waals surface area contributed by atoms with Crippen molar-refractivity contribution in [2.24, 2.45) is 0 Å². The number of nitrogens with one attached hydrogen (secondary N) is 3. The van der Waals surface area contributed by atoms with Crippen molar-refractivity contribution in [3.63, 3.8) is 0 Å². The molecule has 3 rings (SSSR count). The summed E-state index contributed by atoms with van der Waals surface area (Å²) in [6.07, 6.45) is 0. The van der Waals surface area contributed by atoms with E-state index in [-0.39, 0.29) is 17.6 Å². The van der Waals surface area contributed by atoms with E-state index in [4.69, 9.17) is 16.9 Å². The van der Waals surface area contributed by atoms with Crippen LogP contribution in [0.25, 0.3) is 11.4 Å². The fourth-order valence-corrected chi connectivity index (χ4v) is 3.19. The highest BCUT2D eigenvalue weighted by Crippen LogP contribution is 2.23. The Bertz CT molecular complexity index is 1110. The fraction of sp³-hybridized carbons (Fsp3) is 0.105. The molecule has 1 heterocycles. The monoisotopic (exact) mass is 426 g/mol. The first kappa shape index (κ1) is 20.4. The second kappa shape index (κ2) is 9.23. The van der Waals surface area contributed by atoms with E-state index in [9.17, 15) is 9.59 Å². The molecular formula is C19H15ClN6O2S. The lowest BCUT2D eigenvalue weighted by molar-refractivity contribution is -0.114. The molecular weight excluding hydrogens is 412 g/mol. The van der Waals surface area contributed by atoms with Crippen LogP contribution in [0.1, 0.15) is 12.5 Å². The van der Waals surface area contributed by atoms with Gasteiger partial charge in [-0.25, -0.2) is 4.98 Å². The Hall–Kier alpha value is -3.35. The van der Waals surface area contributed by atoms with Gasteiger partial charge in [0, 0.05) is 23.2 Å². The number of hydrogen-bond donors (Lipinski definition) is 3. The number of aromatic amines is 1. The molecule has 2 amide bonds. The Morgan fingerprint density at radius 2 is 2.07 bits per heavy atom. The van der Waals surface area contributed by atoms with Gasteiger partial charge in [-0.1, -0.05) is 35.5 Å². The minimum absolute atomic E-state index is 0.0562. The van der Waals surface area contributed by atoms with Crippen LogP contribution >= 0.6 is 23.4 Å². The van der Waals surface area contributed by atoms with Crippen molar-refractivity contribution in [3.05, 3.63) is 53.1 Å². The number of halogens is 1. The van der Waals surface area contributed by atoms with Crippen LogP contribution in [0.3, 0.4) is 0 Å². The van der Waals surface area contributed by atoms with Crippen LogP contribution in [0, 0.1) is 11.3 Å². The molecule has 0 unspecified atom stereocenters. The predicted molar refractivity (Wildman–Crippen MR) is 112 cm³/mol. The molecule has 146 valence electrons. The van der Waals surface area contributed by atoms with Gasteiger partial charge in [0.25, 0.3) is 0 Å². The Kier molecular flexibility index (Phi) is 6.49. The molecule has 2 aromatic carbocycles. The van der Waals surface area contributed by atoms with Gasteiger partial charge in [0.05, 0.1) is 17.0 Å². The lowest BCUT2D eigenvalue weighted by atomic mass is 10.2. The van der Waals surface area contributed by atoms with Gasteiger partial charge in [-0.05, 0) is 30.3 Å². The number of nitriles is 1. The van der Waals surface area contributed by atoms with Gasteiger partial charge in [-0.2, -0.15) is 5.26 Å². The number of anilines is 2. The Balaban J connectivity index is 1.62. The van der Waals surface area contributed by atoms with Gasteiger partial charge in [-0.15, -0.1) is 5.10 Å². The van der Waals surface area contributed by atoms with Gasteiger partial charge in [-0.3, -0.25) is 14.7 Å². The molecule has 3 aromatic rings. The number of nitrogens with zero attached hydrogens (tertiary/aromatic N) is 3. The molecule has 0 saturated heterocycles. The van der Waals surface area contributed by atoms with Gasteiger partial charge < -0.3 is 10.6 Å². The predicted octanol–water partition coefficient (Wildman–Crippen LogP) is 3.69. The largest absolute Gasteiger partial charge is 0.326 e. The number of amides is 2. The van der Waals surface area contributed by atoms with Crippen molar-refractivity contribution in [2.45, 2.75) is 12.1 Å². The van der Waals surface area contributed by atoms with Gasteiger partial charge in [0.1, 0.15) is 6.07 Å². The fourth-order valence-electron chi connectivity index (χ4n) is 2.42. The molecule has 0 aliphatic rings. The van der Waals surface area contributed by atoms with E-state index < -0.39 is 0 Å². The Morgan fingerprint density at radius 1 is 1.24 bits per heavy atom. The third kappa shape index (κ3) is 5.57. The second-order valence-electron chi connectivity index (χ2n) is 5.87. The van der Waals surface area contributed by atoms with Crippen LogP contribution in [0.2, 0.25) is 5.02 Å². The van der Waals surface area contributed by atoms with Gasteiger partial charge in [0.15, 0.2) is 5.82 Å². The number of hydrogen-bond acceptors (Lipinski definition) is 6. The van der Waals surface area contributed by atoms with Crippen LogP contribution < -0.4 is 10.6 Å². The van der Waals surface area contributed by atoms with Crippen LogP contribution in [0.4, 0.5) is 11.4 Å². The normalized spacial score (nSPS) is 10.2. The zero-order valence-electron chi connectivity index (χ0n) is 15.2. The van der Waals surface area contributed by atoms with E-state index in [1.54, 1.807) is 30.3 Å². The molecule has 0 saturated carbocycles. The Morgan fingerprint density at radius 3 is 2.83 bits per heavy atom.